The Morgan fingerprint density at radius 2 is 2.00 bits per heavy atom. The van der Waals surface area contributed by atoms with E-state index in [1.165, 1.54) is 12.7 Å². The number of rotatable bonds is 3. The SMILES string of the molecule is Cc1ccccc1NC(=O)c1ncoc1-c1ccco1. The van der Waals surface area contributed by atoms with Crippen molar-refractivity contribution in [1.82, 2.24) is 4.98 Å². The molecule has 0 bridgehead atoms. The average molecular weight is 268 g/mol. The number of aromatic nitrogens is 1. The summed E-state index contributed by atoms with van der Waals surface area (Å²) in [5.41, 5.74) is 1.91. The van der Waals surface area contributed by atoms with Crippen molar-refractivity contribution in [2.24, 2.45) is 0 Å². The van der Waals surface area contributed by atoms with Crippen LogP contribution in [-0.2, 0) is 0 Å². The molecule has 0 unspecified atom stereocenters. The molecule has 0 aliphatic rings. The first-order valence-corrected chi connectivity index (χ1v) is 6.10. The summed E-state index contributed by atoms with van der Waals surface area (Å²) in [5.74, 6) is 0.456. The maximum atomic E-state index is 12.3. The Kier molecular flexibility index (Phi) is 3.09. The molecule has 1 amide bonds. The highest BCUT2D eigenvalue weighted by Gasteiger charge is 2.20. The molecule has 0 radical (unpaired) electrons. The lowest BCUT2D eigenvalue weighted by Gasteiger charge is -2.06. The van der Waals surface area contributed by atoms with E-state index in [1.54, 1.807) is 12.1 Å². The number of nitrogens with one attached hydrogen (secondary N) is 1. The second-order valence-electron chi connectivity index (χ2n) is 4.28. The summed E-state index contributed by atoms with van der Waals surface area (Å²) in [6.07, 6.45) is 2.74. The Labute approximate surface area is 115 Å². The molecule has 5 nitrogen and oxygen atoms in total. The number of hydrogen-bond acceptors (Lipinski definition) is 4. The molecule has 0 saturated carbocycles. The molecule has 3 aromatic rings. The maximum Gasteiger partial charge on any atom is 0.278 e. The highest BCUT2D eigenvalue weighted by Crippen LogP contribution is 2.24. The van der Waals surface area contributed by atoms with Gasteiger partial charge < -0.3 is 14.2 Å². The lowest BCUT2D eigenvalue weighted by Crippen LogP contribution is -2.14. The second-order valence-corrected chi connectivity index (χ2v) is 4.28. The van der Waals surface area contributed by atoms with Crippen LogP contribution in [0.4, 0.5) is 5.69 Å². The fourth-order valence-corrected chi connectivity index (χ4v) is 1.89. The van der Waals surface area contributed by atoms with Gasteiger partial charge in [0.1, 0.15) is 0 Å². The van der Waals surface area contributed by atoms with Crippen LogP contribution in [0.2, 0.25) is 0 Å². The van der Waals surface area contributed by atoms with Crippen molar-refractivity contribution < 1.29 is 13.6 Å². The third-order valence-electron chi connectivity index (χ3n) is 2.92. The average Bonchev–Trinajstić information content (AvgIpc) is 3.11. The minimum Gasteiger partial charge on any atom is -0.461 e. The largest absolute Gasteiger partial charge is 0.461 e. The molecule has 0 aliphatic carbocycles. The molecule has 5 heteroatoms. The van der Waals surface area contributed by atoms with Crippen LogP contribution >= 0.6 is 0 Å². The molecule has 2 heterocycles. The highest BCUT2D eigenvalue weighted by atomic mass is 16.4. The van der Waals surface area contributed by atoms with Gasteiger partial charge in [-0.1, -0.05) is 18.2 Å². The number of nitrogens with zero attached hydrogens (tertiary/aromatic N) is 1. The molecule has 0 aliphatic heterocycles. The van der Waals surface area contributed by atoms with Gasteiger partial charge in [-0.05, 0) is 30.7 Å². The molecule has 0 spiro atoms. The Bertz CT molecular complexity index is 729. The quantitative estimate of drug-likeness (QED) is 0.789. The molecule has 0 saturated heterocycles. The number of benzene rings is 1. The molecule has 100 valence electrons. The molecular formula is C15H12N2O3. The van der Waals surface area contributed by atoms with Crippen LogP contribution in [0.3, 0.4) is 0 Å². The third kappa shape index (κ3) is 2.21. The fraction of sp³-hybridized carbons (Fsp3) is 0.0667. The number of oxazole rings is 1. The van der Waals surface area contributed by atoms with Crippen molar-refractivity contribution >= 4 is 11.6 Å². The van der Waals surface area contributed by atoms with Crippen LogP contribution in [0.5, 0.6) is 0 Å². The van der Waals surface area contributed by atoms with Gasteiger partial charge in [0, 0.05) is 5.69 Å². The van der Waals surface area contributed by atoms with Crippen LogP contribution in [0, 0.1) is 6.92 Å². The van der Waals surface area contributed by atoms with Gasteiger partial charge in [-0.3, -0.25) is 4.79 Å². The first-order chi connectivity index (χ1) is 9.75. The Morgan fingerprint density at radius 1 is 1.15 bits per heavy atom. The first-order valence-electron chi connectivity index (χ1n) is 6.10. The molecule has 1 aromatic carbocycles. The number of furan rings is 1. The van der Waals surface area contributed by atoms with Gasteiger partial charge in [0.25, 0.3) is 5.91 Å². The summed E-state index contributed by atoms with van der Waals surface area (Å²) < 4.78 is 10.5. The van der Waals surface area contributed by atoms with Gasteiger partial charge in [0.2, 0.25) is 5.76 Å². The zero-order valence-electron chi connectivity index (χ0n) is 10.8. The molecule has 2 aromatic heterocycles. The lowest BCUT2D eigenvalue weighted by molar-refractivity contribution is 0.102. The van der Waals surface area contributed by atoms with Crippen LogP contribution in [0.15, 0.2) is 57.9 Å². The first kappa shape index (κ1) is 12.2. The molecule has 20 heavy (non-hydrogen) atoms. The monoisotopic (exact) mass is 268 g/mol. The minimum atomic E-state index is -0.334. The number of anilines is 1. The van der Waals surface area contributed by atoms with Crippen molar-refractivity contribution in [1.29, 1.82) is 0 Å². The summed E-state index contributed by atoms with van der Waals surface area (Å²) >= 11 is 0. The zero-order valence-corrected chi connectivity index (χ0v) is 10.8. The van der Waals surface area contributed by atoms with Crippen molar-refractivity contribution in [3.63, 3.8) is 0 Å². The van der Waals surface area contributed by atoms with Crippen LogP contribution < -0.4 is 5.32 Å². The summed E-state index contributed by atoms with van der Waals surface area (Å²) in [4.78, 5) is 16.2. The van der Waals surface area contributed by atoms with Crippen molar-refractivity contribution in [2.45, 2.75) is 6.92 Å². The van der Waals surface area contributed by atoms with Gasteiger partial charge >= 0.3 is 0 Å². The number of amides is 1. The Morgan fingerprint density at radius 3 is 2.75 bits per heavy atom. The smallest absolute Gasteiger partial charge is 0.278 e. The number of aryl methyl sites for hydroxylation is 1. The molecule has 3 rings (SSSR count). The van der Waals surface area contributed by atoms with Crippen LogP contribution in [0.1, 0.15) is 16.1 Å². The van der Waals surface area contributed by atoms with E-state index >= 15 is 0 Å². The third-order valence-corrected chi connectivity index (χ3v) is 2.92. The fourth-order valence-electron chi connectivity index (χ4n) is 1.89. The van der Waals surface area contributed by atoms with Gasteiger partial charge in [-0.25, -0.2) is 4.98 Å². The van der Waals surface area contributed by atoms with E-state index in [0.717, 1.165) is 11.3 Å². The lowest BCUT2D eigenvalue weighted by atomic mass is 10.2. The van der Waals surface area contributed by atoms with E-state index in [2.05, 4.69) is 10.3 Å². The summed E-state index contributed by atoms with van der Waals surface area (Å²) in [5, 5.41) is 2.81. The topological polar surface area (TPSA) is 68.3 Å². The number of carbonyl (C=O) groups is 1. The highest BCUT2D eigenvalue weighted by molar-refractivity contribution is 6.06. The summed E-state index contributed by atoms with van der Waals surface area (Å²) in [7, 11) is 0. The number of carbonyl (C=O) groups excluding carboxylic acids is 1. The number of para-hydroxylation sites is 1. The van der Waals surface area contributed by atoms with Crippen molar-refractivity contribution in [3.8, 4) is 11.5 Å². The van der Waals surface area contributed by atoms with Crippen molar-refractivity contribution in [2.75, 3.05) is 5.32 Å². The standard InChI is InChI=1S/C15H12N2O3/c1-10-5-2-3-6-11(10)17-15(18)13-14(20-9-16-13)12-7-4-8-19-12/h2-9H,1H3,(H,17,18). The molecule has 0 fully saturated rings. The molecule has 0 atom stereocenters. The minimum absolute atomic E-state index is 0.197. The van der Waals surface area contributed by atoms with Crippen LogP contribution in [0.25, 0.3) is 11.5 Å². The maximum absolute atomic E-state index is 12.3. The zero-order chi connectivity index (χ0) is 13.9. The van der Waals surface area contributed by atoms with Crippen LogP contribution in [-0.4, -0.2) is 10.9 Å². The second kappa shape index (κ2) is 5.05. The van der Waals surface area contributed by atoms with E-state index in [9.17, 15) is 4.79 Å². The van der Waals surface area contributed by atoms with E-state index < -0.39 is 0 Å². The molecular weight excluding hydrogens is 256 g/mol. The normalized spacial score (nSPS) is 10.4. The molecule has 1 N–H and O–H groups in total. The predicted molar refractivity (Wildman–Crippen MR) is 73.3 cm³/mol. The van der Waals surface area contributed by atoms with Gasteiger partial charge in [0.15, 0.2) is 17.8 Å². The van der Waals surface area contributed by atoms with E-state index in [1.807, 2.05) is 31.2 Å². The van der Waals surface area contributed by atoms with E-state index in [0.29, 0.717) is 11.5 Å². The van der Waals surface area contributed by atoms with Gasteiger partial charge in [-0.2, -0.15) is 0 Å². The predicted octanol–water partition coefficient (Wildman–Crippen LogP) is 3.50. The van der Waals surface area contributed by atoms with Crippen molar-refractivity contribution in [3.05, 3.63) is 60.3 Å². The number of hydrogen-bond donors (Lipinski definition) is 1. The Balaban J connectivity index is 1.89. The summed E-state index contributed by atoms with van der Waals surface area (Å²) in [6, 6.07) is 11.0. The van der Waals surface area contributed by atoms with E-state index in [-0.39, 0.29) is 11.6 Å². The van der Waals surface area contributed by atoms with Gasteiger partial charge in [-0.15, -0.1) is 0 Å². The van der Waals surface area contributed by atoms with Gasteiger partial charge in [0.05, 0.1) is 6.26 Å². The Hall–Kier alpha value is -2.82. The van der Waals surface area contributed by atoms with E-state index in [4.69, 9.17) is 8.83 Å². The summed E-state index contributed by atoms with van der Waals surface area (Å²) in [6.45, 7) is 1.92.